The van der Waals surface area contributed by atoms with Crippen molar-refractivity contribution in [3.05, 3.63) is 33.8 Å². The summed E-state index contributed by atoms with van der Waals surface area (Å²) in [7, 11) is -1.31. The molecule has 1 aromatic rings. The average Bonchev–Trinajstić information content (AvgIpc) is 2.68. The Morgan fingerprint density at radius 2 is 2.11 bits per heavy atom. The van der Waals surface area contributed by atoms with E-state index in [0.717, 1.165) is 10.0 Å². The second kappa shape index (κ2) is 5.25. The maximum absolute atomic E-state index is 12.4. The van der Waals surface area contributed by atoms with Crippen LogP contribution < -0.4 is 0 Å². The van der Waals surface area contributed by atoms with Crippen LogP contribution in [0.5, 0.6) is 0 Å². The topological polar surface area (TPSA) is 54.5 Å². The summed E-state index contributed by atoms with van der Waals surface area (Å²) in [6.07, 6.45) is 0.522. The summed E-state index contributed by atoms with van der Waals surface area (Å²) < 4.78 is 23.7. The second-order valence-electron chi connectivity index (χ2n) is 4.96. The first kappa shape index (κ1) is 14.5. The van der Waals surface area contributed by atoms with Gasteiger partial charge in [0, 0.05) is 17.6 Å². The highest BCUT2D eigenvalue weighted by Crippen LogP contribution is 2.23. The number of carbonyl (C=O) groups is 1. The fraction of sp³-hybridized carbons (Fsp3) is 0.462. The van der Waals surface area contributed by atoms with Crippen LogP contribution >= 0.6 is 15.9 Å². The van der Waals surface area contributed by atoms with E-state index in [2.05, 4.69) is 15.9 Å². The summed E-state index contributed by atoms with van der Waals surface area (Å²) in [6.45, 7) is 1.95. The smallest absolute Gasteiger partial charge is 0.255 e. The van der Waals surface area contributed by atoms with Crippen molar-refractivity contribution in [2.45, 2.75) is 19.4 Å². The van der Waals surface area contributed by atoms with E-state index in [9.17, 15) is 13.2 Å². The largest absolute Gasteiger partial charge is 0.338 e. The van der Waals surface area contributed by atoms with E-state index >= 15 is 0 Å². The van der Waals surface area contributed by atoms with Crippen LogP contribution in [0.15, 0.2) is 22.7 Å². The number of halogens is 1. The molecule has 2 rings (SSSR count). The number of hydrogen-bond acceptors (Lipinski definition) is 3. The van der Waals surface area contributed by atoms with Crippen molar-refractivity contribution in [2.24, 2.45) is 0 Å². The molecule has 0 bridgehead atoms. The molecule has 1 aromatic carbocycles. The van der Waals surface area contributed by atoms with E-state index in [1.165, 1.54) is 0 Å². The van der Waals surface area contributed by atoms with E-state index in [0.29, 0.717) is 12.0 Å². The molecular weight excluding hydrogens is 330 g/mol. The van der Waals surface area contributed by atoms with Crippen molar-refractivity contribution < 1.29 is 13.2 Å². The Bertz CT molecular complexity index is 612. The summed E-state index contributed by atoms with van der Waals surface area (Å²) in [5.41, 5.74) is 1.63. The Hall–Kier alpha value is -0.880. The number of nitrogens with zero attached hydrogens (tertiary/aromatic N) is 1. The maximum atomic E-state index is 12.4. The van der Waals surface area contributed by atoms with Gasteiger partial charge in [-0.15, -0.1) is 0 Å². The number of carbonyl (C=O) groups excluding carboxylic acids is 1. The molecule has 0 aromatic heterocycles. The maximum Gasteiger partial charge on any atom is 0.255 e. The molecule has 1 fully saturated rings. The molecule has 1 aliphatic heterocycles. The van der Waals surface area contributed by atoms with Gasteiger partial charge in [0.25, 0.3) is 5.91 Å². The van der Waals surface area contributed by atoms with Gasteiger partial charge in [-0.3, -0.25) is 4.79 Å². The van der Waals surface area contributed by atoms with Gasteiger partial charge in [-0.2, -0.15) is 0 Å². The van der Waals surface area contributed by atoms with Crippen LogP contribution in [0.1, 0.15) is 22.3 Å². The third kappa shape index (κ3) is 3.17. The first-order valence-corrected chi connectivity index (χ1v) is 8.65. The molecule has 0 saturated carbocycles. The minimum Gasteiger partial charge on any atom is -0.338 e. The summed E-state index contributed by atoms with van der Waals surface area (Å²) in [4.78, 5) is 13.9. The van der Waals surface area contributed by atoms with Crippen molar-refractivity contribution >= 4 is 31.7 Å². The number of aryl methyl sites for hydroxylation is 1. The lowest BCUT2D eigenvalue weighted by Crippen LogP contribution is -2.38. The van der Waals surface area contributed by atoms with Crippen LogP contribution in [0.4, 0.5) is 0 Å². The Morgan fingerprint density at radius 3 is 2.63 bits per heavy atom. The molecular formula is C13H16BrNO3S. The summed E-state index contributed by atoms with van der Waals surface area (Å²) in [5.74, 6) is 0.0947. The molecule has 0 spiro atoms. The van der Waals surface area contributed by atoms with E-state index in [1.54, 1.807) is 18.0 Å². The Morgan fingerprint density at radius 1 is 1.42 bits per heavy atom. The zero-order chi connectivity index (χ0) is 14.2. The lowest BCUT2D eigenvalue weighted by atomic mass is 10.1. The third-order valence-electron chi connectivity index (χ3n) is 3.43. The van der Waals surface area contributed by atoms with Crippen LogP contribution in [0.25, 0.3) is 0 Å². The summed E-state index contributed by atoms with van der Waals surface area (Å²) in [5, 5.41) is 0. The Kier molecular flexibility index (Phi) is 4.01. The van der Waals surface area contributed by atoms with Gasteiger partial charge >= 0.3 is 0 Å². The number of sulfone groups is 1. The molecule has 0 radical (unpaired) electrons. The van der Waals surface area contributed by atoms with Crippen LogP contribution in [-0.2, 0) is 9.84 Å². The first-order chi connectivity index (χ1) is 8.80. The normalized spacial score (nSPS) is 21.3. The predicted molar refractivity (Wildman–Crippen MR) is 78.0 cm³/mol. The molecule has 19 heavy (non-hydrogen) atoms. The van der Waals surface area contributed by atoms with Crippen molar-refractivity contribution in [1.29, 1.82) is 0 Å². The highest BCUT2D eigenvalue weighted by molar-refractivity contribution is 9.10. The van der Waals surface area contributed by atoms with Gasteiger partial charge in [0.2, 0.25) is 0 Å². The Labute approximate surface area is 121 Å². The van der Waals surface area contributed by atoms with Crippen molar-refractivity contribution in [3.8, 4) is 0 Å². The highest BCUT2D eigenvalue weighted by atomic mass is 79.9. The van der Waals surface area contributed by atoms with E-state index < -0.39 is 9.84 Å². The monoisotopic (exact) mass is 345 g/mol. The minimum absolute atomic E-state index is 0.0682. The molecule has 0 aliphatic carbocycles. The van der Waals surface area contributed by atoms with E-state index in [1.807, 2.05) is 19.1 Å². The highest BCUT2D eigenvalue weighted by Gasteiger charge is 2.33. The van der Waals surface area contributed by atoms with Crippen LogP contribution in [-0.4, -0.2) is 43.8 Å². The second-order valence-corrected chi connectivity index (χ2v) is 8.04. The summed E-state index contributed by atoms with van der Waals surface area (Å²) >= 11 is 3.38. The quantitative estimate of drug-likeness (QED) is 0.823. The fourth-order valence-electron chi connectivity index (χ4n) is 2.23. The zero-order valence-corrected chi connectivity index (χ0v) is 13.3. The fourth-order valence-corrected chi connectivity index (χ4v) is 4.67. The van der Waals surface area contributed by atoms with Crippen LogP contribution in [0, 0.1) is 6.92 Å². The van der Waals surface area contributed by atoms with Gasteiger partial charge in [-0.25, -0.2) is 8.42 Å². The van der Waals surface area contributed by atoms with E-state index in [4.69, 9.17) is 0 Å². The first-order valence-electron chi connectivity index (χ1n) is 6.04. The van der Waals surface area contributed by atoms with Crippen LogP contribution in [0.3, 0.4) is 0 Å². The zero-order valence-electron chi connectivity index (χ0n) is 10.9. The lowest BCUT2D eigenvalue weighted by Gasteiger charge is -2.24. The number of benzene rings is 1. The average molecular weight is 346 g/mol. The predicted octanol–water partition coefficient (Wildman–Crippen LogP) is 2.02. The number of amides is 1. The molecule has 1 heterocycles. The SMILES string of the molecule is Cc1ccc(C(=O)N(C)C2CCS(=O)(=O)C2)c(Br)c1. The third-order valence-corrected chi connectivity index (χ3v) is 5.84. The number of hydrogen-bond donors (Lipinski definition) is 0. The van der Waals surface area contributed by atoms with Gasteiger partial charge in [-0.1, -0.05) is 6.07 Å². The molecule has 1 amide bonds. The van der Waals surface area contributed by atoms with Gasteiger partial charge in [0.05, 0.1) is 17.1 Å². The number of rotatable bonds is 2. The minimum atomic E-state index is -2.98. The molecule has 0 N–H and O–H groups in total. The van der Waals surface area contributed by atoms with Crippen molar-refractivity contribution in [1.82, 2.24) is 4.90 Å². The van der Waals surface area contributed by atoms with E-state index in [-0.39, 0.29) is 23.5 Å². The van der Waals surface area contributed by atoms with Crippen molar-refractivity contribution in [3.63, 3.8) is 0 Å². The van der Waals surface area contributed by atoms with Crippen LogP contribution in [0.2, 0.25) is 0 Å². The molecule has 6 heteroatoms. The molecule has 1 saturated heterocycles. The Balaban J connectivity index is 2.20. The molecule has 1 unspecified atom stereocenters. The molecule has 4 nitrogen and oxygen atoms in total. The standard InChI is InChI=1S/C13H16BrNO3S/c1-9-3-4-11(12(14)7-9)13(16)15(2)10-5-6-19(17,18)8-10/h3-4,7,10H,5-6,8H2,1-2H3. The van der Waals surface area contributed by atoms with Gasteiger partial charge in [-0.05, 0) is 47.0 Å². The van der Waals surface area contributed by atoms with Crippen molar-refractivity contribution in [2.75, 3.05) is 18.6 Å². The van der Waals surface area contributed by atoms with Gasteiger partial charge < -0.3 is 4.90 Å². The summed E-state index contributed by atoms with van der Waals surface area (Å²) in [6, 6.07) is 5.30. The molecule has 104 valence electrons. The molecule has 1 aliphatic rings. The molecule has 1 atom stereocenters. The van der Waals surface area contributed by atoms with Gasteiger partial charge in [0.15, 0.2) is 9.84 Å². The lowest BCUT2D eigenvalue weighted by molar-refractivity contribution is 0.0747. The van der Waals surface area contributed by atoms with Gasteiger partial charge in [0.1, 0.15) is 0 Å².